The van der Waals surface area contributed by atoms with Gasteiger partial charge in [-0.3, -0.25) is 4.79 Å². The van der Waals surface area contributed by atoms with Gasteiger partial charge in [0.2, 0.25) is 15.9 Å². The lowest BCUT2D eigenvalue weighted by molar-refractivity contribution is -0.157. The third-order valence-electron chi connectivity index (χ3n) is 6.88. The van der Waals surface area contributed by atoms with Gasteiger partial charge in [-0.25, -0.2) is 13.1 Å². The number of piperidine rings is 1. The molecule has 5 aliphatic rings. The Morgan fingerprint density at radius 3 is 2.52 bits per heavy atom. The third kappa shape index (κ3) is 3.65. The molecule has 0 spiro atoms. The van der Waals surface area contributed by atoms with Gasteiger partial charge in [0.05, 0.1) is 11.7 Å². The quantitative estimate of drug-likeness (QED) is 0.693. The Labute approximate surface area is 159 Å². The monoisotopic (exact) mass is 432 g/mol. The summed E-state index contributed by atoms with van der Waals surface area (Å²) in [5, 5.41) is 0. The zero-order chi connectivity index (χ0) is 17.9. The smallest absolute Gasteiger partial charge is 0.228 e. The van der Waals surface area contributed by atoms with Crippen molar-refractivity contribution >= 4 is 31.9 Å². The van der Waals surface area contributed by atoms with E-state index in [4.69, 9.17) is 0 Å². The maximum Gasteiger partial charge on any atom is 0.228 e. The van der Waals surface area contributed by atoms with Crippen molar-refractivity contribution in [2.24, 2.45) is 23.2 Å². The number of halogens is 1. The van der Waals surface area contributed by atoms with Crippen molar-refractivity contribution in [2.45, 2.75) is 55.7 Å². The molecule has 0 radical (unpaired) electrons. The second kappa shape index (κ2) is 6.20. The van der Waals surface area contributed by atoms with Gasteiger partial charge < -0.3 is 4.90 Å². The highest BCUT2D eigenvalue weighted by molar-refractivity contribution is 9.10. The first-order chi connectivity index (χ1) is 11.7. The lowest BCUT2D eigenvalue weighted by atomic mass is 9.49. The van der Waals surface area contributed by atoms with Crippen LogP contribution in [0.25, 0.3) is 0 Å². The fourth-order valence-electron chi connectivity index (χ4n) is 6.42. The molecule has 5 fully saturated rings. The van der Waals surface area contributed by atoms with Crippen molar-refractivity contribution < 1.29 is 13.2 Å². The number of hydrogen-bond acceptors (Lipinski definition) is 3. The summed E-state index contributed by atoms with van der Waals surface area (Å²) < 4.78 is 25.5. The Morgan fingerprint density at radius 1 is 1.24 bits per heavy atom. The normalized spacial score (nSPS) is 43.4. The Morgan fingerprint density at radius 2 is 1.92 bits per heavy atom. The molecule has 4 aliphatic carbocycles. The molecule has 1 N–H and O–H groups in total. The van der Waals surface area contributed by atoms with Crippen LogP contribution >= 0.6 is 15.9 Å². The second-order valence-electron chi connectivity index (χ2n) is 9.27. The molecule has 5 rings (SSSR count). The van der Waals surface area contributed by atoms with Gasteiger partial charge in [-0.1, -0.05) is 15.9 Å². The summed E-state index contributed by atoms with van der Waals surface area (Å²) in [6, 6.07) is 0. The average Bonchev–Trinajstić information content (AvgIpc) is 2.49. The number of nitrogens with one attached hydrogen (secondary N) is 1. The Balaban J connectivity index is 1.45. The number of carbonyl (C=O) groups excluding carboxylic acids is 1. The van der Waals surface area contributed by atoms with Crippen LogP contribution in [0.1, 0.15) is 51.4 Å². The molecule has 0 aromatic carbocycles. The van der Waals surface area contributed by atoms with E-state index in [9.17, 15) is 13.2 Å². The average molecular weight is 433 g/mol. The largest absolute Gasteiger partial charge is 0.342 e. The summed E-state index contributed by atoms with van der Waals surface area (Å²) >= 11 is 4.00. The Hall–Kier alpha value is -0.140. The van der Waals surface area contributed by atoms with E-state index in [1.165, 1.54) is 25.5 Å². The van der Waals surface area contributed by atoms with Gasteiger partial charge in [0.15, 0.2) is 0 Å². The molecule has 142 valence electrons. The van der Waals surface area contributed by atoms with E-state index in [1.807, 2.05) is 0 Å². The van der Waals surface area contributed by atoms with Gasteiger partial charge >= 0.3 is 0 Å². The Kier molecular flexibility index (Phi) is 4.52. The first-order valence-electron chi connectivity index (χ1n) is 9.59. The molecule has 4 saturated carbocycles. The highest BCUT2D eigenvalue weighted by Crippen LogP contribution is 2.64. The number of alkyl halides is 1. The molecule has 0 unspecified atom stereocenters. The fraction of sp³-hybridized carbons (Fsp3) is 0.944. The van der Waals surface area contributed by atoms with Crippen LogP contribution in [-0.2, 0) is 14.8 Å². The third-order valence-corrected chi connectivity index (χ3v) is 8.50. The van der Waals surface area contributed by atoms with Crippen LogP contribution < -0.4 is 4.72 Å². The predicted molar refractivity (Wildman–Crippen MR) is 101 cm³/mol. The first kappa shape index (κ1) is 18.2. The van der Waals surface area contributed by atoms with Crippen molar-refractivity contribution in [3.8, 4) is 0 Å². The highest BCUT2D eigenvalue weighted by atomic mass is 79.9. The molecule has 25 heavy (non-hydrogen) atoms. The van der Waals surface area contributed by atoms with Crippen molar-refractivity contribution in [1.82, 2.24) is 9.62 Å². The van der Waals surface area contributed by atoms with Crippen LogP contribution in [0.3, 0.4) is 0 Å². The fourth-order valence-corrected chi connectivity index (χ4v) is 8.41. The predicted octanol–water partition coefficient (Wildman–Crippen LogP) is 2.51. The van der Waals surface area contributed by atoms with Gasteiger partial charge in [0, 0.05) is 24.0 Å². The first-order valence-corrected chi connectivity index (χ1v) is 12.3. The molecule has 1 heterocycles. The van der Waals surface area contributed by atoms with E-state index >= 15 is 0 Å². The van der Waals surface area contributed by atoms with Crippen LogP contribution in [0, 0.1) is 23.2 Å². The number of rotatable bonds is 4. The summed E-state index contributed by atoms with van der Waals surface area (Å²) in [7, 11) is -3.17. The maximum atomic E-state index is 13.5. The Bertz CT molecular complexity index is 651. The SMILES string of the molecule is CS(=O)(=O)NC[C@@H]1CCCN(C(=O)C23C[C@H]4C[C@@H](CC(Br)(C4)C2)C3)C1. The zero-order valence-corrected chi connectivity index (χ0v) is 17.4. The van der Waals surface area contributed by atoms with Crippen LogP contribution in [0.4, 0.5) is 0 Å². The number of nitrogens with zero attached hydrogens (tertiary/aromatic N) is 1. The molecule has 1 amide bonds. The second-order valence-corrected chi connectivity index (χ2v) is 12.8. The van der Waals surface area contributed by atoms with Crippen molar-refractivity contribution in [2.75, 3.05) is 25.9 Å². The lowest BCUT2D eigenvalue weighted by Gasteiger charge is -2.60. The van der Waals surface area contributed by atoms with E-state index < -0.39 is 10.0 Å². The minimum Gasteiger partial charge on any atom is -0.342 e. The topological polar surface area (TPSA) is 66.5 Å². The summed E-state index contributed by atoms with van der Waals surface area (Å²) in [4.78, 5) is 15.6. The van der Waals surface area contributed by atoms with E-state index in [0.717, 1.165) is 38.6 Å². The van der Waals surface area contributed by atoms with Gasteiger partial charge in [0.1, 0.15) is 0 Å². The molecule has 0 aromatic rings. The maximum absolute atomic E-state index is 13.5. The van der Waals surface area contributed by atoms with Gasteiger partial charge in [-0.05, 0) is 69.1 Å². The van der Waals surface area contributed by atoms with E-state index in [1.54, 1.807) is 0 Å². The minimum atomic E-state index is -3.17. The van der Waals surface area contributed by atoms with Crippen molar-refractivity contribution in [3.05, 3.63) is 0 Å². The summed E-state index contributed by atoms with van der Waals surface area (Å²) in [6.45, 7) is 1.98. The molecule has 4 bridgehead atoms. The van der Waals surface area contributed by atoms with Crippen LogP contribution in [0.5, 0.6) is 0 Å². The number of amides is 1. The number of hydrogen-bond donors (Lipinski definition) is 1. The summed E-state index contributed by atoms with van der Waals surface area (Å²) in [5.74, 6) is 2.00. The van der Waals surface area contributed by atoms with Gasteiger partial charge in [-0.15, -0.1) is 0 Å². The van der Waals surface area contributed by atoms with Crippen LogP contribution in [-0.4, -0.2) is 49.4 Å². The number of likely N-dealkylation sites (tertiary alicyclic amines) is 1. The minimum absolute atomic E-state index is 0.153. The molecular formula is C18H29BrN2O3S. The van der Waals surface area contributed by atoms with Crippen molar-refractivity contribution in [3.63, 3.8) is 0 Å². The molecule has 7 heteroatoms. The number of sulfonamides is 1. The van der Waals surface area contributed by atoms with E-state index in [2.05, 4.69) is 25.6 Å². The molecular weight excluding hydrogens is 404 g/mol. The van der Waals surface area contributed by atoms with Crippen LogP contribution in [0.15, 0.2) is 0 Å². The molecule has 1 saturated heterocycles. The van der Waals surface area contributed by atoms with E-state index in [-0.39, 0.29) is 15.7 Å². The standard InChI is InChI=1S/C18H29BrN2O3S/c1-25(23,24)20-10-13-3-2-4-21(11-13)16(22)17-6-14-5-15(7-17)9-18(19,8-14)12-17/h13-15,20H,2-12H2,1H3/t13-,14+,15+,17?,18?/m0/s1. The van der Waals surface area contributed by atoms with Gasteiger partial charge in [-0.2, -0.15) is 0 Å². The molecule has 5 nitrogen and oxygen atoms in total. The summed E-state index contributed by atoms with van der Waals surface area (Å²) in [5.41, 5.74) is -0.153. The molecule has 3 atom stereocenters. The van der Waals surface area contributed by atoms with Gasteiger partial charge in [0.25, 0.3) is 0 Å². The van der Waals surface area contributed by atoms with Crippen LogP contribution in [0.2, 0.25) is 0 Å². The zero-order valence-electron chi connectivity index (χ0n) is 15.0. The van der Waals surface area contributed by atoms with Crippen molar-refractivity contribution in [1.29, 1.82) is 0 Å². The molecule has 1 aliphatic heterocycles. The lowest BCUT2D eigenvalue weighted by Crippen LogP contribution is -2.60. The van der Waals surface area contributed by atoms with E-state index in [0.29, 0.717) is 30.8 Å². The highest BCUT2D eigenvalue weighted by Gasteiger charge is 2.60. The molecule has 0 aromatic heterocycles. The summed E-state index contributed by atoms with van der Waals surface area (Å²) in [6.07, 6.45) is 10.1. The number of carbonyl (C=O) groups is 1.